The van der Waals surface area contributed by atoms with Crippen molar-refractivity contribution in [3.63, 3.8) is 0 Å². The summed E-state index contributed by atoms with van der Waals surface area (Å²) in [4.78, 5) is 4.18. The van der Waals surface area contributed by atoms with Gasteiger partial charge in [-0.15, -0.1) is 11.3 Å². The number of hydrogen-bond donors (Lipinski definition) is 1. The van der Waals surface area contributed by atoms with Crippen LogP contribution in [-0.2, 0) is 13.0 Å². The molecule has 2 N–H and O–H groups in total. The Morgan fingerprint density at radius 3 is 2.84 bits per heavy atom. The second-order valence-electron chi connectivity index (χ2n) is 4.44. The second-order valence-corrected chi connectivity index (χ2v) is 5.15. The Kier molecular flexibility index (Phi) is 4.76. The van der Waals surface area contributed by atoms with Crippen molar-refractivity contribution in [3.05, 3.63) is 40.3 Å². The predicted molar refractivity (Wildman–Crippen MR) is 76.8 cm³/mol. The van der Waals surface area contributed by atoms with E-state index < -0.39 is 0 Å². The quantitative estimate of drug-likeness (QED) is 0.882. The lowest BCUT2D eigenvalue weighted by Gasteiger charge is -2.12. The van der Waals surface area contributed by atoms with E-state index in [1.807, 2.05) is 30.5 Å². The fraction of sp³-hybridized carbons (Fsp3) is 0.357. The highest BCUT2D eigenvalue weighted by molar-refractivity contribution is 7.07. The van der Waals surface area contributed by atoms with E-state index in [0.29, 0.717) is 6.61 Å². The van der Waals surface area contributed by atoms with Crippen molar-refractivity contribution >= 4 is 11.3 Å². The van der Waals surface area contributed by atoms with Crippen molar-refractivity contribution in [1.82, 2.24) is 4.98 Å². The van der Waals surface area contributed by atoms with E-state index in [-0.39, 0.29) is 6.04 Å². The summed E-state index contributed by atoms with van der Waals surface area (Å²) >= 11 is 1.56. The molecule has 2 aromatic rings. The summed E-state index contributed by atoms with van der Waals surface area (Å²) in [5.74, 6) is 1.46. The standard InChI is InChI=1S/C14H18N2O2S/c1-10(15)5-11-3-4-13(14(6-11)17-2)18-7-12-8-19-9-16-12/h3-4,6,8-10H,5,7,15H2,1-2H3. The summed E-state index contributed by atoms with van der Waals surface area (Å²) < 4.78 is 11.1. The van der Waals surface area contributed by atoms with Gasteiger partial charge >= 0.3 is 0 Å². The number of thiazole rings is 1. The number of hydrogen-bond acceptors (Lipinski definition) is 5. The molecule has 0 spiro atoms. The molecule has 0 amide bonds. The van der Waals surface area contributed by atoms with E-state index in [9.17, 15) is 0 Å². The highest BCUT2D eigenvalue weighted by atomic mass is 32.1. The molecule has 0 saturated carbocycles. The molecule has 1 aromatic carbocycles. The van der Waals surface area contributed by atoms with Gasteiger partial charge in [-0.2, -0.15) is 0 Å². The molecule has 0 radical (unpaired) electrons. The van der Waals surface area contributed by atoms with E-state index in [0.717, 1.165) is 29.2 Å². The first-order chi connectivity index (χ1) is 9.19. The van der Waals surface area contributed by atoms with Crippen LogP contribution in [0.3, 0.4) is 0 Å². The lowest BCUT2D eigenvalue weighted by Crippen LogP contribution is -2.17. The van der Waals surface area contributed by atoms with Crippen molar-refractivity contribution in [2.45, 2.75) is 26.0 Å². The number of nitrogens with zero attached hydrogens (tertiary/aromatic N) is 1. The molecule has 1 aromatic heterocycles. The van der Waals surface area contributed by atoms with Gasteiger partial charge in [0.05, 0.1) is 18.3 Å². The average Bonchev–Trinajstić information content (AvgIpc) is 2.89. The molecule has 19 heavy (non-hydrogen) atoms. The second kappa shape index (κ2) is 6.54. The molecule has 0 aliphatic rings. The minimum absolute atomic E-state index is 0.131. The van der Waals surface area contributed by atoms with E-state index in [1.165, 1.54) is 0 Å². The van der Waals surface area contributed by atoms with Crippen LogP contribution in [0, 0.1) is 0 Å². The first kappa shape index (κ1) is 13.8. The summed E-state index contributed by atoms with van der Waals surface area (Å²) in [6.45, 7) is 2.44. The molecule has 0 fully saturated rings. The van der Waals surface area contributed by atoms with Gasteiger partial charge in [0, 0.05) is 11.4 Å². The lowest BCUT2D eigenvalue weighted by molar-refractivity contribution is 0.281. The molecule has 4 nitrogen and oxygen atoms in total. The third-order valence-corrected chi connectivity index (χ3v) is 3.28. The maximum Gasteiger partial charge on any atom is 0.161 e. The van der Waals surface area contributed by atoms with Crippen LogP contribution in [-0.4, -0.2) is 18.1 Å². The number of nitrogens with two attached hydrogens (primary N) is 1. The maximum absolute atomic E-state index is 5.80. The molecule has 1 unspecified atom stereocenters. The van der Waals surface area contributed by atoms with Gasteiger partial charge in [0.25, 0.3) is 0 Å². The van der Waals surface area contributed by atoms with E-state index >= 15 is 0 Å². The third kappa shape index (κ3) is 3.94. The highest BCUT2D eigenvalue weighted by Gasteiger charge is 2.08. The fourth-order valence-electron chi connectivity index (χ4n) is 1.79. The first-order valence-corrected chi connectivity index (χ1v) is 7.05. The Morgan fingerprint density at radius 1 is 1.37 bits per heavy atom. The Labute approximate surface area is 117 Å². The SMILES string of the molecule is COc1cc(CC(C)N)ccc1OCc1cscn1. The molecule has 1 heterocycles. The van der Waals surface area contributed by atoms with Gasteiger partial charge in [-0.1, -0.05) is 6.07 Å². The molecule has 1 atom stereocenters. The monoisotopic (exact) mass is 278 g/mol. The van der Waals surface area contributed by atoms with Crippen molar-refractivity contribution in [3.8, 4) is 11.5 Å². The number of ether oxygens (including phenoxy) is 2. The van der Waals surface area contributed by atoms with E-state index in [4.69, 9.17) is 15.2 Å². The van der Waals surface area contributed by atoms with Gasteiger partial charge in [0.1, 0.15) is 6.61 Å². The molecule has 0 saturated heterocycles. The largest absolute Gasteiger partial charge is 0.493 e. The molecular weight excluding hydrogens is 260 g/mol. The smallest absolute Gasteiger partial charge is 0.161 e. The lowest BCUT2D eigenvalue weighted by atomic mass is 10.1. The maximum atomic E-state index is 5.80. The molecular formula is C14H18N2O2S. The number of benzene rings is 1. The first-order valence-electron chi connectivity index (χ1n) is 6.11. The van der Waals surface area contributed by atoms with Gasteiger partial charge in [0.15, 0.2) is 11.5 Å². The van der Waals surface area contributed by atoms with Crippen molar-refractivity contribution in [2.24, 2.45) is 5.73 Å². The Hall–Kier alpha value is -1.59. The minimum atomic E-state index is 0.131. The number of rotatable bonds is 6. The Bertz CT molecular complexity index is 512. The summed E-state index contributed by atoms with van der Waals surface area (Å²) in [6.07, 6.45) is 0.822. The topological polar surface area (TPSA) is 57.4 Å². The van der Waals surface area contributed by atoms with Crippen molar-refractivity contribution in [2.75, 3.05) is 7.11 Å². The number of methoxy groups -OCH3 is 1. The zero-order chi connectivity index (χ0) is 13.7. The van der Waals surface area contributed by atoms with E-state index in [2.05, 4.69) is 4.98 Å². The normalized spacial score (nSPS) is 12.2. The summed E-state index contributed by atoms with van der Waals surface area (Å²) in [5, 5.41) is 1.97. The zero-order valence-electron chi connectivity index (χ0n) is 11.1. The molecule has 5 heteroatoms. The van der Waals surface area contributed by atoms with Gasteiger partial charge in [0.2, 0.25) is 0 Å². The van der Waals surface area contributed by atoms with Crippen molar-refractivity contribution < 1.29 is 9.47 Å². The fourth-order valence-corrected chi connectivity index (χ4v) is 2.33. The third-order valence-electron chi connectivity index (χ3n) is 2.64. The molecule has 2 rings (SSSR count). The van der Waals surface area contributed by atoms with Crippen LogP contribution < -0.4 is 15.2 Å². The van der Waals surface area contributed by atoms with Gasteiger partial charge in [-0.3, -0.25) is 0 Å². The minimum Gasteiger partial charge on any atom is -0.493 e. The van der Waals surface area contributed by atoms with Crippen LogP contribution >= 0.6 is 11.3 Å². The van der Waals surface area contributed by atoms with Gasteiger partial charge in [-0.25, -0.2) is 4.98 Å². The molecule has 102 valence electrons. The van der Waals surface area contributed by atoms with Crippen LogP contribution in [0.2, 0.25) is 0 Å². The summed E-state index contributed by atoms with van der Waals surface area (Å²) in [7, 11) is 1.64. The number of aromatic nitrogens is 1. The van der Waals surface area contributed by atoms with E-state index in [1.54, 1.807) is 24.0 Å². The van der Waals surface area contributed by atoms with Crippen LogP contribution in [0.4, 0.5) is 0 Å². The molecule has 0 bridgehead atoms. The zero-order valence-corrected chi connectivity index (χ0v) is 11.9. The van der Waals surface area contributed by atoms with Crippen LogP contribution in [0.5, 0.6) is 11.5 Å². The Morgan fingerprint density at radius 2 is 2.21 bits per heavy atom. The van der Waals surface area contributed by atoms with Crippen LogP contribution in [0.25, 0.3) is 0 Å². The van der Waals surface area contributed by atoms with Crippen LogP contribution in [0.1, 0.15) is 18.2 Å². The van der Waals surface area contributed by atoms with Crippen LogP contribution in [0.15, 0.2) is 29.1 Å². The highest BCUT2D eigenvalue weighted by Crippen LogP contribution is 2.29. The predicted octanol–water partition coefficient (Wildman–Crippen LogP) is 2.62. The Balaban J connectivity index is 2.07. The summed E-state index contributed by atoms with van der Waals surface area (Å²) in [5.41, 5.74) is 9.66. The van der Waals surface area contributed by atoms with Crippen molar-refractivity contribution in [1.29, 1.82) is 0 Å². The molecule has 0 aliphatic heterocycles. The molecule has 0 aliphatic carbocycles. The van der Waals surface area contributed by atoms with Gasteiger partial charge < -0.3 is 15.2 Å². The summed E-state index contributed by atoms with van der Waals surface area (Å²) in [6, 6.07) is 6.04. The average molecular weight is 278 g/mol. The van der Waals surface area contributed by atoms with Gasteiger partial charge in [-0.05, 0) is 31.0 Å².